The van der Waals surface area contributed by atoms with Crippen LogP contribution >= 0.6 is 0 Å². The largest absolute Gasteiger partial charge is 0.351 e. The van der Waals surface area contributed by atoms with Gasteiger partial charge < -0.3 is 5.32 Å². The average molecular weight is 401 g/mol. The van der Waals surface area contributed by atoms with Crippen LogP contribution in [0.5, 0.6) is 0 Å². The smallest absolute Gasteiger partial charge is 0.251 e. The molecule has 1 atom stereocenters. The van der Waals surface area contributed by atoms with Gasteiger partial charge in [-0.3, -0.25) is 4.79 Å². The van der Waals surface area contributed by atoms with Crippen molar-refractivity contribution in [2.45, 2.75) is 43.4 Å². The summed E-state index contributed by atoms with van der Waals surface area (Å²) in [7, 11) is -3.56. The van der Waals surface area contributed by atoms with E-state index in [0.717, 1.165) is 31.2 Å². The molecule has 1 saturated heterocycles. The SMILES string of the molecule is C[C@H](CNC(=O)c1cccc(S(=O)(=O)N2CCCCCC2)c1)c1ccccc1. The molecule has 5 nitrogen and oxygen atoms in total. The summed E-state index contributed by atoms with van der Waals surface area (Å²) in [5.74, 6) is -0.0788. The number of hydrogen-bond donors (Lipinski definition) is 1. The Morgan fingerprint density at radius 3 is 2.36 bits per heavy atom. The molecule has 28 heavy (non-hydrogen) atoms. The van der Waals surface area contributed by atoms with Crippen molar-refractivity contribution in [2.24, 2.45) is 0 Å². The summed E-state index contributed by atoms with van der Waals surface area (Å²) >= 11 is 0. The Labute approximate surface area is 167 Å². The van der Waals surface area contributed by atoms with E-state index >= 15 is 0 Å². The fourth-order valence-electron chi connectivity index (χ4n) is 3.48. The summed E-state index contributed by atoms with van der Waals surface area (Å²) in [6, 6.07) is 16.3. The van der Waals surface area contributed by atoms with E-state index in [1.165, 1.54) is 6.07 Å². The predicted octanol–water partition coefficient (Wildman–Crippen LogP) is 3.78. The summed E-state index contributed by atoms with van der Waals surface area (Å²) in [5.41, 5.74) is 1.52. The van der Waals surface area contributed by atoms with Crippen LogP contribution in [0.2, 0.25) is 0 Å². The average Bonchev–Trinajstić information content (AvgIpc) is 3.02. The monoisotopic (exact) mass is 400 g/mol. The molecule has 3 rings (SSSR count). The fraction of sp³-hybridized carbons (Fsp3) is 0.409. The van der Waals surface area contributed by atoms with Crippen LogP contribution in [0.15, 0.2) is 59.5 Å². The van der Waals surface area contributed by atoms with Crippen molar-refractivity contribution in [3.63, 3.8) is 0 Å². The molecule has 1 heterocycles. The van der Waals surface area contributed by atoms with E-state index in [1.54, 1.807) is 22.5 Å². The van der Waals surface area contributed by atoms with Crippen molar-refractivity contribution < 1.29 is 13.2 Å². The topological polar surface area (TPSA) is 66.5 Å². The number of carbonyl (C=O) groups excluding carboxylic acids is 1. The number of rotatable bonds is 6. The summed E-state index contributed by atoms with van der Waals surface area (Å²) in [4.78, 5) is 12.8. The first-order valence-corrected chi connectivity index (χ1v) is 11.4. The van der Waals surface area contributed by atoms with Crippen LogP contribution in [0.25, 0.3) is 0 Å². The lowest BCUT2D eigenvalue weighted by molar-refractivity contribution is 0.0951. The number of carbonyl (C=O) groups is 1. The van der Waals surface area contributed by atoms with Gasteiger partial charge in [-0.25, -0.2) is 8.42 Å². The molecule has 0 saturated carbocycles. The number of sulfonamides is 1. The Bertz CT molecular complexity index is 889. The van der Waals surface area contributed by atoms with Crippen LogP contribution in [0, 0.1) is 0 Å². The summed E-state index contributed by atoms with van der Waals surface area (Å²) < 4.78 is 27.5. The number of nitrogens with one attached hydrogen (secondary N) is 1. The van der Waals surface area contributed by atoms with Gasteiger partial charge in [0.1, 0.15) is 0 Å². The number of benzene rings is 2. The van der Waals surface area contributed by atoms with E-state index in [9.17, 15) is 13.2 Å². The first-order valence-electron chi connectivity index (χ1n) is 9.92. The van der Waals surface area contributed by atoms with Crippen molar-refractivity contribution in [1.82, 2.24) is 9.62 Å². The summed E-state index contributed by atoms with van der Waals surface area (Å²) in [6.07, 6.45) is 3.90. The Hall–Kier alpha value is -2.18. The molecule has 2 aromatic carbocycles. The molecule has 1 N–H and O–H groups in total. The van der Waals surface area contributed by atoms with Crippen LogP contribution in [0.4, 0.5) is 0 Å². The van der Waals surface area contributed by atoms with Gasteiger partial charge in [0.05, 0.1) is 4.90 Å². The maximum absolute atomic E-state index is 13.0. The molecule has 0 bridgehead atoms. The summed E-state index contributed by atoms with van der Waals surface area (Å²) in [5, 5.41) is 2.92. The molecule has 6 heteroatoms. The van der Waals surface area contributed by atoms with Gasteiger partial charge in [0.2, 0.25) is 10.0 Å². The summed E-state index contributed by atoms with van der Waals surface area (Å²) in [6.45, 7) is 3.64. The van der Waals surface area contributed by atoms with Gasteiger partial charge in [0.15, 0.2) is 0 Å². The zero-order valence-electron chi connectivity index (χ0n) is 16.3. The highest BCUT2D eigenvalue weighted by Crippen LogP contribution is 2.21. The number of nitrogens with zero attached hydrogens (tertiary/aromatic N) is 1. The third-order valence-corrected chi connectivity index (χ3v) is 7.13. The van der Waals surface area contributed by atoms with Gasteiger partial charge in [-0.2, -0.15) is 4.31 Å². The van der Waals surface area contributed by atoms with Crippen molar-refractivity contribution in [3.05, 3.63) is 65.7 Å². The van der Waals surface area contributed by atoms with Crippen LogP contribution in [-0.4, -0.2) is 38.3 Å². The van der Waals surface area contributed by atoms with Gasteiger partial charge >= 0.3 is 0 Å². The van der Waals surface area contributed by atoms with E-state index in [0.29, 0.717) is 25.2 Å². The Balaban J connectivity index is 1.69. The molecule has 1 amide bonds. The van der Waals surface area contributed by atoms with Crippen LogP contribution < -0.4 is 5.32 Å². The third-order valence-electron chi connectivity index (χ3n) is 5.24. The molecule has 0 unspecified atom stereocenters. The number of amides is 1. The first-order chi connectivity index (χ1) is 13.5. The van der Waals surface area contributed by atoms with Crippen molar-refractivity contribution in [2.75, 3.05) is 19.6 Å². The Morgan fingerprint density at radius 2 is 1.68 bits per heavy atom. The molecule has 1 aliphatic heterocycles. The maximum atomic E-state index is 13.0. The van der Waals surface area contributed by atoms with Crippen LogP contribution in [-0.2, 0) is 10.0 Å². The molecule has 1 fully saturated rings. The van der Waals surface area contributed by atoms with E-state index in [1.807, 2.05) is 30.3 Å². The molecular formula is C22H28N2O3S. The highest BCUT2D eigenvalue weighted by Gasteiger charge is 2.25. The molecule has 1 aliphatic rings. The van der Waals surface area contributed by atoms with Gasteiger partial charge in [-0.05, 0) is 42.5 Å². The molecule has 0 radical (unpaired) electrons. The second kappa shape index (κ2) is 9.34. The Kier molecular flexibility index (Phi) is 6.86. The van der Waals surface area contributed by atoms with Crippen molar-refractivity contribution in [1.29, 1.82) is 0 Å². The van der Waals surface area contributed by atoms with E-state index in [-0.39, 0.29) is 16.7 Å². The normalized spacial score (nSPS) is 16.9. The van der Waals surface area contributed by atoms with Gasteiger partial charge in [0.25, 0.3) is 5.91 Å². The second-order valence-electron chi connectivity index (χ2n) is 7.37. The predicted molar refractivity (Wildman–Crippen MR) is 111 cm³/mol. The van der Waals surface area contributed by atoms with Gasteiger partial charge in [-0.1, -0.05) is 56.2 Å². The highest BCUT2D eigenvalue weighted by molar-refractivity contribution is 7.89. The molecule has 0 aromatic heterocycles. The van der Waals surface area contributed by atoms with E-state index in [4.69, 9.17) is 0 Å². The molecule has 0 aliphatic carbocycles. The standard InChI is InChI=1S/C22H28N2O3S/c1-18(19-10-5-4-6-11-19)17-23-22(25)20-12-9-13-21(16-20)28(26,27)24-14-7-2-3-8-15-24/h4-6,9-13,16,18H,2-3,7-8,14-15,17H2,1H3,(H,23,25)/t18-/m1/s1. The first kappa shape index (κ1) is 20.6. The Morgan fingerprint density at radius 1 is 1.00 bits per heavy atom. The third kappa shape index (κ3) is 5.00. The van der Waals surface area contributed by atoms with Crippen LogP contribution in [0.3, 0.4) is 0 Å². The minimum absolute atomic E-state index is 0.175. The van der Waals surface area contributed by atoms with Crippen molar-refractivity contribution in [3.8, 4) is 0 Å². The lowest BCUT2D eigenvalue weighted by Gasteiger charge is -2.20. The minimum atomic E-state index is -3.56. The van der Waals surface area contributed by atoms with Crippen LogP contribution in [0.1, 0.15) is 54.4 Å². The van der Waals surface area contributed by atoms with Crippen molar-refractivity contribution >= 4 is 15.9 Å². The minimum Gasteiger partial charge on any atom is -0.351 e. The van der Waals surface area contributed by atoms with Gasteiger partial charge in [0, 0.05) is 25.2 Å². The zero-order valence-corrected chi connectivity index (χ0v) is 17.1. The maximum Gasteiger partial charge on any atom is 0.251 e. The fourth-order valence-corrected chi connectivity index (χ4v) is 5.04. The van der Waals surface area contributed by atoms with E-state index in [2.05, 4.69) is 12.2 Å². The zero-order chi connectivity index (χ0) is 20.0. The molecular weight excluding hydrogens is 372 g/mol. The number of hydrogen-bond acceptors (Lipinski definition) is 3. The molecule has 0 spiro atoms. The second-order valence-corrected chi connectivity index (χ2v) is 9.31. The molecule has 150 valence electrons. The highest BCUT2D eigenvalue weighted by atomic mass is 32.2. The quantitative estimate of drug-likeness (QED) is 0.802. The lowest BCUT2D eigenvalue weighted by atomic mass is 10.0. The molecule has 2 aromatic rings. The lowest BCUT2D eigenvalue weighted by Crippen LogP contribution is -2.32. The van der Waals surface area contributed by atoms with Gasteiger partial charge in [-0.15, -0.1) is 0 Å². The van der Waals surface area contributed by atoms with E-state index < -0.39 is 10.0 Å².